The Hall–Kier alpha value is -2.49. The van der Waals surface area contributed by atoms with E-state index in [9.17, 15) is 19.1 Å². The summed E-state index contributed by atoms with van der Waals surface area (Å²) in [5.74, 6) is -1.56. The van der Waals surface area contributed by atoms with Gasteiger partial charge >= 0.3 is 5.97 Å². The third-order valence-electron chi connectivity index (χ3n) is 3.53. The van der Waals surface area contributed by atoms with Crippen molar-refractivity contribution in [3.8, 4) is 11.1 Å². The molecule has 4 heteroatoms. The number of aromatic carboxylic acids is 1. The third kappa shape index (κ3) is 3.58. The van der Waals surface area contributed by atoms with Gasteiger partial charge in [0.05, 0.1) is 5.56 Å². The molecule has 0 atom stereocenters. The number of rotatable bonds is 5. The molecule has 1 N–H and O–H groups in total. The van der Waals surface area contributed by atoms with Crippen molar-refractivity contribution >= 4 is 11.8 Å². The maximum Gasteiger partial charge on any atom is 0.335 e. The Morgan fingerprint density at radius 2 is 1.64 bits per heavy atom. The van der Waals surface area contributed by atoms with E-state index in [-0.39, 0.29) is 29.5 Å². The van der Waals surface area contributed by atoms with Crippen LogP contribution in [0.1, 0.15) is 29.8 Å². The van der Waals surface area contributed by atoms with Gasteiger partial charge in [-0.1, -0.05) is 38.1 Å². The lowest BCUT2D eigenvalue weighted by molar-refractivity contribution is -0.121. The van der Waals surface area contributed by atoms with Gasteiger partial charge in [0.25, 0.3) is 0 Å². The summed E-state index contributed by atoms with van der Waals surface area (Å²) in [6.07, 6.45) is 0.100. The van der Waals surface area contributed by atoms with Crippen LogP contribution in [0.25, 0.3) is 11.1 Å². The molecule has 2 aromatic carbocycles. The molecule has 0 unspecified atom stereocenters. The highest BCUT2D eigenvalue weighted by Crippen LogP contribution is 2.24. The minimum absolute atomic E-state index is 0.00275. The highest BCUT2D eigenvalue weighted by atomic mass is 19.1. The van der Waals surface area contributed by atoms with Crippen LogP contribution in [0.4, 0.5) is 4.39 Å². The lowest BCUT2D eigenvalue weighted by Crippen LogP contribution is -2.13. The first-order chi connectivity index (χ1) is 10.4. The number of carboxylic acid groups (broad SMARTS) is 1. The molecule has 2 aromatic rings. The molecule has 0 aromatic heterocycles. The average Bonchev–Trinajstić information content (AvgIpc) is 2.48. The van der Waals surface area contributed by atoms with E-state index in [1.54, 1.807) is 38.1 Å². The second-order valence-electron chi connectivity index (χ2n) is 5.48. The van der Waals surface area contributed by atoms with Gasteiger partial charge in [0, 0.05) is 12.3 Å². The molecular formula is C18H17FO3. The number of carbonyl (C=O) groups excluding carboxylic acids is 1. The summed E-state index contributed by atoms with van der Waals surface area (Å²) < 4.78 is 13.0. The number of halogens is 1. The molecule has 2 rings (SSSR count). The van der Waals surface area contributed by atoms with Gasteiger partial charge in [-0.15, -0.1) is 0 Å². The van der Waals surface area contributed by atoms with Crippen LogP contribution >= 0.6 is 0 Å². The van der Waals surface area contributed by atoms with E-state index in [1.807, 2.05) is 0 Å². The molecule has 22 heavy (non-hydrogen) atoms. The van der Waals surface area contributed by atoms with Crippen molar-refractivity contribution in [2.45, 2.75) is 20.3 Å². The number of Topliss-reactive ketones (excluding diaryl/α,β-unsaturated/α-hetero) is 1. The zero-order valence-corrected chi connectivity index (χ0v) is 12.5. The molecule has 0 saturated heterocycles. The molecule has 0 fully saturated rings. The lowest BCUT2D eigenvalue weighted by Gasteiger charge is -2.10. The monoisotopic (exact) mass is 300 g/mol. The fourth-order valence-corrected chi connectivity index (χ4v) is 2.14. The molecule has 0 bridgehead atoms. The fourth-order valence-electron chi connectivity index (χ4n) is 2.14. The van der Waals surface area contributed by atoms with Gasteiger partial charge < -0.3 is 5.11 Å². The van der Waals surface area contributed by atoms with E-state index in [1.165, 1.54) is 18.2 Å². The number of carbonyl (C=O) groups is 2. The van der Waals surface area contributed by atoms with Gasteiger partial charge in [-0.25, -0.2) is 9.18 Å². The molecular weight excluding hydrogens is 283 g/mol. The van der Waals surface area contributed by atoms with Crippen LogP contribution in [0, 0.1) is 11.7 Å². The topological polar surface area (TPSA) is 54.4 Å². The van der Waals surface area contributed by atoms with Gasteiger partial charge in [0.2, 0.25) is 0 Å². The minimum atomic E-state index is -1.07. The normalized spacial score (nSPS) is 10.7. The zero-order valence-electron chi connectivity index (χ0n) is 12.5. The molecule has 114 valence electrons. The molecule has 0 amide bonds. The second kappa shape index (κ2) is 6.52. The maximum atomic E-state index is 13.0. The standard InChI is InChI=1S/C18H17FO3/c1-11(2)17(20)10-14-4-3-13(9-16(14)18(21)22)12-5-7-15(19)8-6-12/h3-9,11H,10H2,1-2H3,(H,21,22). The smallest absolute Gasteiger partial charge is 0.335 e. The minimum Gasteiger partial charge on any atom is -0.478 e. The highest BCUT2D eigenvalue weighted by molar-refractivity contribution is 5.94. The first kappa shape index (κ1) is 15.9. The van der Waals surface area contributed by atoms with Crippen molar-refractivity contribution in [2.75, 3.05) is 0 Å². The zero-order chi connectivity index (χ0) is 16.3. The molecule has 0 radical (unpaired) electrons. The van der Waals surface area contributed by atoms with Crippen LogP contribution in [0.3, 0.4) is 0 Å². The Kier molecular flexibility index (Phi) is 4.71. The highest BCUT2D eigenvalue weighted by Gasteiger charge is 2.16. The summed E-state index contributed by atoms with van der Waals surface area (Å²) in [5.41, 5.74) is 2.01. The average molecular weight is 300 g/mol. The van der Waals surface area contributed by atoms with Crippen molar-refractivity contribution in [3.63, 3.8) is 0 Å². The van der Waals surface area contributed by atoms with E-state index >= 15 is 0 Å². The maximum absolute atomic E-state index is 13.0. The summed E-state index contributed by atoms with van der Waals surface area (Å²) in [7, 11) is 0. The predicted octanol–water partition coefficient (Wildman–Crippen LogP) is 3.96. The van der Waals surface area contributed by atoms with E-state index in [0.717, 1.165) is 5.56 Å². The van der Waals surface area contributed by atoms with Crippen molar-refractivity contribution in [3.05, 3.63) is 59.4 Å². The first-order valence-corrected chi connectivity index (χ1v) is 7.03. The molecule has 3 nitrogen and oxygen atoms in total. The number of hydrogen-bond acceptors (Lipinski definition) is 2. The molecule has 0 heterocycles. The molecule has 0 aliphatic carbocycles. The molecule has 0 saturated carbocycles. The van der Waals surface area contributed by atoms with E-state index < -0.39 is 5.97 Å². The Labute approximate surface area is 128 Å². The molecule has 0 aliphatic heterocycles. The first-order valence-electron chi connectivity index (χ1n) is 7.03. The van der Waals surface area contributed by atoms with Crippen LogP contribution in [0.2, 0.25) is 0 Å². The van der Waals surface area contributed by atoms with Crippen molar-refractivity contribution in [1.29, 1.82) is 0 Å². The molecule has 0 spiro atoms. The SMILES string of the molecule is CC(C)C(=O)Cc1ccc(-c2ccc(F)cc2)cc1C(=O)O. The summed E-state index contributed by atoms with van der Waals surface area (Å²) in [5, 5.41) is 9.36. The van der Waals surface area contributed by atoms with Gasteiger partial charge in [-0.3, -0.25) is 4.79 Å². The van der Waals surface area contributed by atoms with Crippen LogP contribution in [0.5, 0.6) is 0 Å². The van der Waals surface area contributed by atoms with Crippen LogP contribution in [-0.4, -0.2) is 16.9 Å². The van der Waals surface area contributed by atoms with E-state index in [0.29, 0.717) is 11.1 Å². The van der Waals surface area contributed by atoms with Crippen LogP contribution in [0.15, 0.2) is 42.5 Å². The summed E-state index contributed by atoms with van der Waals surface area (Å²) in [6, 6.07) is 10.8. The van der Waals surface area contributed by atoms with Gasteiger partial charge in [-0.2, -0.15) is 0 Å². The van der Waals surface area contributed by atoms with Gasteiger partial charge in [0.1, 0.15) is 11.6 Å². The summed E-state index contributed by atoms with van der Waals surface area (Å²) in [4.78, 5) is 23.3. The second-order valence-corrected chi connectivity index (χ2v) is 5.48. The van der Waals surface area contributed by atoms with Crippen molar-refractivity contribution < 1.29 is 19.1 Å². The third-order valence-corrected chi connectivity index (χ3v) is 3.53. The Bertz CT molecular complexity index is 703. The van der Waals surface area contributed by atoms with Gasteiger partial charge in [0.15, 0.2) is 0 Å². The number of benzene rings is 2. The molecule has 0 aliphatic rings. The fraction of sp³-hybridized carbons (Fsp3) is 0.222. The Morgan fingerprint density at radius 1 is 1.05 bits per heavy atom. The summed E-state index contributed by atoms with van der Waals surface area (Å²) in [6.45, 7) is 3.57. The number of ketones is 1. The van der Waals surface area contributed by atoms with E-state index in [2.05, 4.69) is 0 Å². The van der Waals surface area contributed by atoms with Crippen molar-refractivity contribution in [1.82, 2.24) is 0 Å². The van der Waals surface area contributed by atoms with Gasteiger partial charge in [-0.05, 0) is 34.9 Å². The number of carboxylic acids is 1. The van der Waals surface area contributed by atoms with E-state index in [4.69, 9.17) is 0 Å². The summed E-state index contributed by atoms with van der Waals surface area (Å²) >= 11 is 0. The van der Waals surface area contributed by atoms with Crippen molar-refractivity contribution in [2.24, 2.45) is 5.92 Å². The Balaban J connectivity index is 2.41. The predicted molar refractivity (Wildman–Crippen MR) is 82.3 cm³/mol. The van der Waals surface area contributed by atoms with Crippen LogP contribution in [-0.2, 0) is 11.2 Å². The largest absolute Gasteiger partial charge is 0.478 e. The quantitative estimate of drug-likeness (QED) is 0.909. The number of hydrogen-bond donors (Lipinski definition) is 1. The Morgan fingerprint density at radius 3 is 2.18 bits per heavy atom. The van der Waals surface area contributed by atoms with Crippen LogP contribution < -0.4 is 0 Å². The lowest BCUT2D eigenvalue weighted by atomic mass is 9.94.